The van der Waals surface area contributed by atoms with Gasteiger partial charge in [-0.3, -0.25) is 19.1 Å². The molecule has 3 heterocycles. The maximum Gasteiger partial charge on any atom is 0.408 e. The average Bonchev–Trinajstić information content (AvgIpc) is 4.01. The molecule has 1 aromatic heterocycles. The van der Waals surface area contributed by atoms with Gasteiger partial charge in [-0.2, -0.15) is 0 Å². The van der Waals surface area contributed by atoms with Crippen molar-refractivity contribution < 1.29 is 41.8 Å². The lowest BCUT2D eigenvalue weighted by Gasteiger charge is -2.33. The number of sulfonamides is 1. The Kier molecular flexibility index (Phi) is 11.7. The normalized spacial score (nSPS) is 29.7. The number of nitrogens with zero attached hydrogens (tertiary/aromatic N) is 2. The van der Waals surface area contributed by atoms with Crippen molar-refractivity contribution in [1.29, 1.82) is 0 Å². The number of carbonyl (C=O) groups excluding carboxylic acids is 4. The molecule has 7 atom stereocenters. The van der Waals surface area contributed by atoms with Crippen molar-refractivity contribution in [1.82, 2.24) is 25.2 Å². The van der Waals surface area contributed by atoms with Gasteiger partial charge in [0.05, 0.1) is 24.1 Å². The molecule has 14 nitrogen and oxygen atoms in total. The van der Waals surface area contributed by atoms with Crippen molar-refractivity contribution in [2.45, 2.75) is 134 Å². The summed E-state index contributed by atoms with van der Waals surface area (Å²) < 4.78 is 45.7. The number of rotatable bonds is 9. The molecule has 2 aliphatic heterocycles. The van der Waals surface area contributed by atoms with E-state index in [1.54, 1.807) is 33.9 Å². The highest BCUT2D eigenvalue weighted by atomic mass is 32.2. The van der Waals surface area contributed by atoms with Gasteiger partial charge in [0.2, 0.25) is 27.7 Å². The Balaban J connectivity index is 1.35. The van der Waals surface area contributed by atoms with Gasteiger partial charge in [-0.1, -0.05) is 51.1 Å². The van der Waals surface area contributed by atoms with Crippen LogP contribution in [0.2, 0.25) is 0 Å². The van der Waals surface area contributed by atoms with Crippen molar-refractivity contribution in [3.63, 3.8) is 0 Å². The van der Waals surface area contributed by atoms with E-state index in [0.29, 0.717) is 49.3 Å². The van der Waals surface area contributed by atoms with Gasteiger partial charge in [0, 0.05) is 23.1 Å². The van der Waals surface area contributed by atoms with Crippen LogP contribution in [0, 0.1) is 17.8 Å². The van der Waals surface area contributed by atoms with Crippen molar-refractivity contribution in [2.24, 2.45) is 17.8 Å². The first-order chi connectivity index (χ1) is 26.4. The molecule has 2 aromatic rings. The summed E-state index contributed by atoms with van der Waals surface area (Å²) in [6.45, 7) is 13.3. The van der Waals surface area contributed by atoms with Crippen LogP contribution in [0.4, 0.5) is 4.79 Å². The van der Waals surface area contributed by atoms with Crippen LogP contribution >= 0.6 is 0 Å². The molecule has 4 aliphatic rings. The summed E-state index contributed by atoms with van der Waals surface area (Å²) in [7, 11) is -4.00. The van der Waals surface area contributed by atoms with E-state index in [0.717, 1.165) is 18.2 Å². The highest BCUT2D eigenvalue weighted by Gasteiger charge is 2.63. The first kappa shape index (κ1) is 41.2. The number of hydrogen-bond acceptors (Lipinski definition) is 10. The van der Waals surface area contributed by atoms with Gasteiger partial charge in [0.15, 0.2) is 0 Å². The van der Waals surface area contributed by atoms with Gasteiger partial charge in [0.25, 0.3) is 5.91 Å². The Hall–Kier alpha value is -4.40. The first-order valence-corrected chi connectivity index (χ1v) is 21.4. The second kappa shape index (κ2) is 15.9. The minimum atomic E-state index is -4.00. The van der Waals surface area contributed by atoms with E-state index < -0.39 is 73.8 Å². The number of amides is 4. The van der Waals surface area contributed by atoms with Gasteiger partial charge < -0.3 is 29.7 Å². The second-order valence-electron chi connectivity index (χ2n) is 17.4. The van der Waals surface area contributed by atoms with E-state index in [1.165, 1.54) is 4.90 Å². The third-order valence-corrected chi connectivity index (χ3v) is 13.5. The first-order valence-electron chi connectivity index (χ1n) is 19.9. The number of aromatic nitrogens is 1. The smallest absolute Gasteiger partial charge is 0.408 e. The third-order valence-electron chi connectivity index (χ3n) is 11.4. The van der Waals surface area contributed by atoms with Crippen molar-refractivity contribution in [3.8, 4) is 11.6 Å². The summed E-state index contributed by atoms with van der Waals surface area (Å²) in [5.74, 6) is -1.64. The van der Waals surface area contributed by atoms with Crippen LogP contribution < -0.4 is 24.8 Å². The maximum absolute atomic E-state index is 14.8. The maximum atomic E-state index is 14.8. The van der Waals surface area contributed by atoms with Crippen LogP contribution in [0.5, 0.6) is 11.6 Å². The molecule has 6 rings (SSSR count). The average molecular weight is 796 g/mol. The molecule has 0 bridgehead atoms. The fraction of sp³-hybridized carbons (Fsp3) is 0.634. The largest absolute Gasteiger partial charge is 0.491 e. The summed E-state index contributed by atoms with van der Waals surface area (Å²) in [6, 6.07) is 5.35. The molecule has 2 saturated carbocycles. The number of carbonyl (C=O) groups is 4. The predicted octanol–water partition coefficient (Wildman–Crippen LogP) is 5.15. The molecule has 3 N–H and O–H groups in total. The molecule has 1 saturated heterocycles. The van der Waals surface area contributed by atoms with Crippen molar-refractivity contribution in [3.05, 3.63) is 42.6 Å². The number of nitrogens with one attached hydrogen (secondary N) is 3. The van der Waals surface area contributed by atoms with Crippen LogP contribution in [0.25, 0.3) is 10.8 Å². The predicted molar refractivity (Wildman–Crippen MR) is 210 cm³/mol. The number of fused-ring (bicyclic) bond motifs is 3. The summed E-state index contributed by atoms with van der Waals surface area (Å²) in [5.41, 5.74) is -2.35. The minimum Gasteiger partial charge on any atom is -0.491 e. The van der Waals surface area contributed by atoms with Crippen molar-refractivity contribution in [2.75, 3.05) is 13.2 Å². The molecule has 1 aromatic carbocycles. The lowest BCUT2D eigenvalue weighted by molar-refractivity contribution is -0.142. The topological polar surface area (TPSA) is 182 Å². The van der Waals surface area contributed by atoms with Crippen LogP contribution in [0.1, 0.15) is 99.8 Å². The molecule has 0 spiro atoms. The lowest BCUT2D eigenvalue weighted by Crippen LogP contribution is -2.59. The monoisotopic (exact) mass is 795 g/mol. The van der Waals surface area contributed by atoms with E-state index in [9.17, 15) is 27.6 Å². The molecule has 0 unspecified atom stereocenters. The third kappa shape index (κ3) is 8.92. The number of allylic oxidation sites excluding steroid dienone is 1. The van der Waals surface area contributed by atoms with Gasteiger partial charge in [-0.25, -0.2) is 18.2 Å². The fourth-order valence-electron chi connectivity index (χ4n) is 7.75. The van der Waals surface area contributed by atoms with Crippen molar-refractivity contribution >= 4 is 44.6 Å². The lowest BCUT2D eigenvalue weighted by atomic mass is 9.88. The highest BCUT2D eigenvalue weighted by Crippen LogP contribution is 2.47. The molecule has 2 aliphatic carbocycles. The Morgan fingerprint density at radius 1 is 1.09 bits per heavy atom. The Morgan fingerprint density at radius 3 is 2.48 bits per heavy atom. The molecule has 306 valence electrons. The van der Waals surface area contributed by atoms with Gasteiger partial charge in [-0.15, -0.1) is 0 Å². The summed E-state index contributed by atoms with van der Waals surface area (Å²) in [6.07, 6.45) is 7.95. The van der Waals surface area contributed by atoms with Crippen LogP contribution in [-0.4, -0.2) is 89.3 Å². The molecular formula is C41H57N5O9S. The molecule has 4 amide bonds. The zero-order chi connectivity index (χ0) is 40.6. The SMILES string of the molecule is CCCOc1cnc(O[C@@H]2C[C@H]3C(=O)N[C@]4(C(=O)NS(=O)(=O)C5(C)CC5)C[C@@H]4/C=C\CC[C@H](C)C[C@@H](C)[C@H](NC(=O)OC(C)(C)C)C(=O)N3C2)c2ccccc12. The van der Waals surface area contributed by atoms with Gasteiger partial charge in [-0.05, 0) is 90.5 Å². The van der Waals surface area contributed by atoms with Crippen LogP contribution in [0.15, 0.2) is 42.6 Å². The Labute approximate surface area is 329 Å². The standard InChI is InChI=1S/C41H57N5O9S/c1-8-19-53-32-23-42-35(30-16-12-11-15-29(30)32)54-28-21-31-34(47)44-41(37(49)45-56(51,52)40(7)17-18-40)22-27(41)14-10-9-13-25(2)20-26(3)33(36(48)46(31)24-28)43-38(50)55-39(4,5)6/h10-12,14-16,23,25-28,31,33H,8-9,13,17-22,24H2,1-7H3,(H,43,50)(H,44,47)(H,45,49)/b14-10-/t25-,26+,27-,28+,31-,33-,41+/m0/s1. The second-order valence-corrected chi connectivity index (χ2v) is 19.6. The van der Waals surface area contributed by atoms with E-state index >= 15 is 0 Å². The molecule has 0 radical (unpaired) electrons. The number of hydrogen-bond donors (Lipinski definition) is 3. The number of alkyl carbamates (subject to hydrolysis) is 1. The van der Waals surface area contributed by atoms with Crippen LogP contribution in [0.3, 0.4) is 0 Å². The fourth-order valence-corrected chi connectivity index (χ4v) is 9.06. The highest BCUT2D eigenvalue weighted by molar-refractivity contribution is 7.91. The van der Waals surface area contributed by atoms with Gasteiger partial charge >= 0.3 is 6.09 Å². The minimum absolute atomic E-state index is 0.0228. The number of pyridine rings is 1. The molecule has 3 fully saturated rings. The number of ether oxygens (including phenoxy) is 3. The summed E-state index contributed by atoms with van der Waals surface area (Å²) >= 11 is 0. The summed E-state index contributed by atoms with van der Waals surface area (Å²) in [4.78, 5) is 62.5. The zero-order valence-electron chi connectivity index (χ0n) is 33.6. The Morgan fingerprint density at radius 2 is 1.80 bits per heavy atom. The van der Waals surface area contributed by atoms with Crippen LogP contribution in [-0.2, 0) is 29.1 Å². The van der Waals surface area contributed by atoms with Gasteiger partial charge in [0.1, 0.15) is 35.1 Å². The quantitative estimate of drug-likeness (QED) is 0.287. The van der Waals surface area contributed by atoms with E-state index in [4.69, 9.17) is 14.2 Å². The summed E-state index contributed by atoms with van der Waals surface area (Å²) in [5, 5.41) is 7.23. The molecule has 56 heavy (non-hydrogen) atoms. The Bertz CT molecular complexity index is 1980. The molecular weight excluding hydrogens is 739 g/mol. The molecule has 15 heteroatoms. The number of benzene rings is 1. The zero-order valence-corrected chi connectivity index (χ0v) is 34.4. The van der Waals surface area contributed by atoms with E-state index in [-0.39, 0.29) is 31.2 Å². The van der Waals surface area contributed by atoms with E-state index in [2.05, 4.69) is 27.3 Å². The van der Waals surface area contributed by atoms with E-state index in [1.807, 2.05) is 50.3 Å².